The van der Waals surface area contributed by atoms with Crippen LogP contribution < -0.4 is 10.1 Å². The van der Waals surface area contributed by atoms with Crippen LogP contribution in [-0.4, -0.2) is 72.1 Å². The van der Waals surface area contributed by atoms with Crippen molar-refractivity contribution in [3.05, 3.63) is 53.5 Å². The third-order valence-corrected chi connectivity index (χ3v) is 6.65. The first kappa shape index (κ1) is 24.1. The van der Waals surface area contributed by atoms with Crippen LogP contribution in [0.4, 0.5) is 10.1 Å². The van der Waals surface area contributed by atoms with Gasteiger partial charge in [0.2, 0.25) is 0 Å². The van der Waals surface area contributed by atoms with Crippen LogP contribution in [0.1, 0.15) is 59.4 Å². The lowest BCUT2D eigenvalue weighted by Crippen LogP contribution is -2.42. The lowest BCUT2D eigenvalue weighted by molar-refractivity contribution is -0.0159. The van der Waals surface area contributed by atoms with Crippen molar-refractivity contribution in [2.24, 2.45) is 0 Å². The van der Waals surface area contributed by atoms with Gasteiger partial charge in [-0.05, 0) is 50.5 Å². The summed E-state index contributed by atoms with van der Waals surface area (Å²) in [5, 5.41) is 26.9. The van der Waals surface area contributed by atoms with Crippen molar-refractivity contribution in [3.63, 3.8) is 0 Å². The summed E-state index contributed by atoms with van der Waals surface area (Å²) in [6.07, 6.45) is 3.98. The number of anilines is 1. The first-order valence-electron chi connectivity index (χ1n) is 11.9. The smallest absolute Gasteiger partial charge is 0.261 e. The average Bonchev–Trinajstić information content (AvgIpc) is 3.51. The molecule has 5 rings (SSSR count). The van der Waals surface area contributed by atoms with Crippen molar-refractivity contribution in [2.45, 2.75) is 63.6 Å². The molecule has 0 radical (unpaired) electrons. The summed E-state index contributed by atoms with van der Waals surface area (Å²) in [5.74, 6) is -0.537. The number of carbonyl (C=O) groups is 2. The van der Waals surface area contributed by atoms with E-state index in [1.165, 1.54) is 29.5 Å². The molecule has 190 valence electrons. The predicted molar refractivity (Wildman–Crippen MR) is 128 cm³/mol. The average molecular weight is 498 g/mol. The molecule has 1 fully saturated rings. The number of rotatable bonds is 7. The van der Waals surface area contributed by atoms with E-state index in [0.29, 0.717) is 47.5 Å². The number of hydrogen-bond acceptors (Lipinski definition) is 7. The molecule has 1 aliphatic heterocycles. The molecule has 0 spiro atoms. The van der Waals surface area contributed by atoms with Gasteiger partial charge in [0.25, 0.3) is 11.8 Å². The number of nitrogens with one attached hydrogen (secondary N) is 1. The minimum Gasteiger partial charge on any atom is -0.488 e. The standard InChI is InChI=1S/C25H28FN5O5/c1-25(2,35)21(26)13-30-12-14-8-19(29-23(33)18-11-28-31-7-3-6-27-22(18)31)20(10-17(14)24(30)34)36-16-5-4-15(32)9-16/h3,6-8,10-11,15-16,21,32,35H,4-5,9,12-13H2,1-2H3,(H,29,33)/t15-,16+,21?/m1/s1. The molecule has 3 aromatic rings. The molecule has 3 atom stereocenters. The maximum absolute atomic E-state index is 14.5. The SMILES string of the molecule is CC(C)(O)C(F)CN1Cc2cc(NC(=O)c3cnn4cccnc34)c(O[C@H]3CC[C@@H](O)C3)cc2C1=O. The van der Waals surface area contributed by atoms with E-state index >= 15 is 0 Å². The lowest BCUT2D eigenvalue weighted by Gasteiger charge is -2.26. The van der Waals surface area contributed by atoms with Gasteiger partial charge in [0.05, 0.1) is 30.1 Å². The molecule has 11 heteroatoms. The second-order valence-electron chi connectivity index (χ2n) is 9.92. The third-order valence-electron chi connectivity index (χ3n) is 6.65. The van der Waals surface area contributed by atoms with Crippen LogP contribution >= 0.6 is 0 Å². The number of aliphatic hydroxyl groups excluding tert-OH is 1. The van der Waals surface area contributed by atoms with E-state index in [-0.39, 0.29) is 30.7 Å². The summed E-state index contributed by atoms with van der Waals surface area (Å²) in [4.78, 5) is 31.8. The van der Waals surface area contributed by atoms with Gasteiger partial charge < -0.3 is 25.2 Å². The van der Waals surface area contributed by atoms with Crippen molar-refractivity contribution in [1.29, 1.82) is 0 Å². The van der Waals surface area contributed by atoms with Gasteiger partial charge in [0.15, 0.2) is 5.65 Å². The normalized spacial score (nSPS) is 20.6. The van der Waals surface area contributed by atoms with Crippen LogP contribution in [0, 0.1) is 0 Å². The molecule has 2 aromatic heterocycles. The Balaban J connectivity index is 1.45. The van der Waals surface area contributed by atoms with Gasteiger partial charge in [0, 0.05) is 30.9 Å². The molecule has 1 aromatic carbocycles. The monoisotopic (exact) mass is 497 g/mol. The highest BCUT2D eigenvalue weighted by Gasteiger charge is 2.36. The van der Waals surface area contributed by atoms with Gasteiger partial charge >= 0.3 is 0 Å². The first-order valence-corrected chi connectivity index (χ1v) is 11.9. The number of halogens is 1. The highest BCUT2D eigenvalue weighted by molar-refractivity contribution is 6.09. The molecule has 0 saturated heterocycles. The zero-order valence-corrected chi connectivity index (χ0v) is 20.0. The summed E-state index contributed by atoms with van der Waals surface area (Å²) < 4.78 is 22.1. The Kier molecular flexibility index (Phi) is 6.13. The quantitative estimate of drug-likeness (QED) is 0.457. The number of aromatic nitrogens is 3. The van der Waals surface area contributed by atoms with Crippen LogP contribution in [0.2, 0.25) is 0 Å². The van der Waals surface area contributed by atoms with Crippen LogP contribution in [0.15, 0.2) is 36.8 Å². The summed E-state index contributed by atoms with van der Waals surface area (Å²) >= 11 is 0. The lowest BCUT2D eigenvalue weighted by atomic mass is 10.0. The van der Waals surface area contributed by atoms with Crippen molar-refractivity contribution in [2.75, 3.05) is 11.9 Å². The molecule has 3 heterocycles. The Bertz CT molecular complexity index is 1320. The first-order chi connectivity index (χ1) is 17.1. The fourth-order valence-electron chi connectivity index (χ4n) is 4.54. The Hall–Kier alpha value is -3.57. The van der Waals surface area contributed by atoms with Gasteiger partial charge in [-0.15, -0.1) is 0 Å². The zero-order chi connectivity index (χ0) is 25.6. The minimum atomic E-state index is -1.63. The number of carbonyl (C=O) groups excluding carboxylic acids is 2. The molecule has 2 amide bonds. The Morgan fingerprint density at radius 3 is 2.89 bits per heavy atom. The molecule has 1 saturated carbocycles. The highest BCUT2D eigenvalue weighted by Crippen LogP contribution is 2.37. The summed E-state index contributed by atoms with van der Waals surface area (Å²) in [5.41, 5.74) is 0.372. The van der Waals surface area contributed by atoms with Crippen LogP contribution in [-0.2, 0) is 6.54 Å². The van der Waals surface area contributed by atoms with Crippen molar-refractivity contribution >= 4 is 23.1 Å². The van der Waals surface area contributed by atoms with E-state index in [1.807, 2.05) is 0 Å². The molecule has 36 heavy (non-hydrogen) atoms. The topological polar surface area (TPSA) is 129 Å². The van der Waals surface area contributed by atoms with Crippen LogP contribution in [0.3, 0.4) is 0 Å². The molecule has 1 unspecified atom stereocenters. The third kappa shape index (κ3) is 4.63. The molecule has 2 aliphatic rings. The second kappa shape index (κ2) is 9.14. The van der Waals surface area contributed by atoms with Gasteiger partial charge in [-0.3, -0.25) is 9.59 Å². The number of alkyl halides is 1. The van der Waals surface area contributed by atoms with Gasteiger partial charge in [-0.1, -0.05) is 0 Å². The van der Waals surface area contributed by atoms with Crippen molar-refractivity contribution in [1.82, 2.24) is 19.5 Å². The number of aliphatic hydroxyl groups is 2. The summed E-state index contributed by atoms with van der Waals surface area (Å²) in [6, 6.07) is 4.92. The molecule has 10 nitrogen and oxygen atoms in total. The van der Waals surface area contributed by atoms with Crippen molar-refractivity contribution in [3.8, 4) is 5.75 Å². The fraction of sp³-hybridized carbons (Fsp3) is 0.440. The van der Waals surface area contributed by atoms with Gasteiger partial charge in [0.1, 0.15) is 23.6 Å². The van der Waals surface area contributed by atoms with Gasteiger partial charge in [-0.2, -0.15) is 5.10 Å². The Morgan fingerprint density at radius 2 is 2.17 bits per heavy atom. The highest BCUT2D eigenvalue weighted by atomic mass is 19.1. The van der Waals surface area contributed by atoms with Gasteiger partial charge in [-0.25, -0.2) is 13.9 Å². The van der Waals surface area contributed by atoms with Crippen LogP contribution in [0.25, 0.3) is 5.65 Å². The number of fused-ring (bicyclic) bond motifs is 2. The van der Waals surface area contributed by atoms with E-state index in [0.717, 1.165) is 0 Å². The number of hydrogen-bond donors (Lipinski definition) is 3. The van der Waals surface area contributed by atoms with Crippen LogP contribution in [0.5, 0.6) is 5.75 Å². The Labute approximate surface area is 206 Å². The molecular formula is C25H28FN5O5. The van der Waals surface area contributed by atoms with E-state index < -0.39 is 23.8 Å². The van der Waals surface area contributed by atoms with E-state index in [9.17, 15) is 24.2 Å². The number of nitrogens with zero attached hydrogens (tertiary/aromatic N) is 4. The molecular weight excluding hydrogens is 469 g/mol. The van der Waals surface area contributed by atoms with E-state index in [4.69, 9.17) is 4.74 Å². The van der Waals surface area contributed by atoms with E-state index in [2.05, 4.69) is 15.4 Å². The number of benzene rings is 1. The number of amides is 2. The predicted octanol–water partition coefficient (Wildman–Crippen LogP) is 2.34. The summed E-state index contributed by atoms with van der Waals surface area (Å²) in [6.45, 7) is 2.58. The maximum atomic E-state index is 14.5. The van der Waals surface area contributed by atoms with Crippen molar-refractivity contribution < 1.29 is 28.9 Å². The molecule has 0 bridgehead atoms. The second-order valence-corrected chi connectivity index (χ2v) is 9.92. The molecule has 1 aliphatic carbocycles. The maximum Gasteiger partial charge on any atom is 0.261 e. The summed E-state index contributed by atoms with van der Waals surface area (Å²) in [7, 11) is 0. The largest absolute Gasteiger partial charge is 0.488 e. The Morgan fingerprint density at radius 1 is 1.36 bits per heavy atom. The minimum absolute atomic E-state index is 0.133. The number of ether oxygens (including phenoxy) is 1. The van der Waals surface area contributed by atoms with E-state index in [1.54, 1.807) is 30.6 Å². The zero-order valence-electron chi connectivity index (χ0n) is 20.0. The molecule has 3 N–H and O–H groups in total. The fourth-order valence-corrected chi connectivity index (χ4v) is 4.54.